The Morgan fingerprint density at radius 3 is 1.53 bits per heavy atom. The van der Waals surface area contributed by atoms with Crippen LogP contribution in [0.3, 0.4) is 0 Å². The van der Waals surface area contributed by atoms with Gasteiger partial charge in [-0.25, -0.2) is 0 Å². The molecule has 0 saturated carbocycles. The van der Waals surface area contributed by atoms with E-state index in [2.05, 4.69) is 27.0 Å². The third-order valence-corrected chi connectivity index (χ3v) is 3.05. The van der Waals surface area contributed by atoms with E-state index in [1.54, 1.807) is 0 Å². The van der Waals surface area contributed by atoms with Crippen LogP contribution >= 0.6 is 0 Å². The molecule has 0 aromatic carbocycles. The summed E-state index contributed by atoms with van der Waals surface area (Å²) in [6.45, 7) is 11.8. The third kappa shape index (κ3) is 10.8. The summed E-state index contributed by atoms with van der Waals surface area (Å²) in [5, 5.41) is 19.2. The van der Waals surface area contributed by atoms with E-state index in [1.807, 2.05) is 0 Å². The molecule has 0 aliphatic rings. The molecule has 0 bridgehead atoms. The molecule has 0 spiro atoms. The molecule has 0 amide bonds. The second-order valence-corrected chi connectivity index (χ2v) is 5.14. The molecule has 19 heavy (non-hydrogen) atoms. The molecule has 2 unspecified atom stereocenters. The highest BCUT2D eigenvalue weighted by molar-refractivity contribution is 4.94. The van der Waals surface area contributed by atoms with Gasteiger partial charge in [-0.2, -0.15) is 0 Å². The predicted octanol–water partition coefficient (Wildman–Crippen LogP) is 3.91. The summed E-state index contributed by atoms with van der Waals surface area (Å²) in [6.07, 6.45) is 5.71. The monoisotopic (exact) mass is 270 g/mol. The molecule has 0 aliphatic heterocycles. The van der Waals surface area contributed by atoms with Gasteiger partial charge in [0.1, 0.15) is 0 Å². The van der Waals surface area contributed by atoms with Crippen molar-refractivity contribution in [1.82, 2.24) is 0 Å². The van der Waals surface area contributed by atoms with E-state index >= 15 is 0 Å². The van der Waals surface area contributed by atoms with Crippen LogP contribution < -0.4 is 0 Å². The van der Waals surface area contributed by atoms with Crippen LogP contribution in [0.2, 0.25) is 0 Å². The third-order valence-electron chi connectivity index (χ3n) is 3.05. The Morgan fingerprint density at radius 1 is 0.842 bits per heavy atom. The van der Waals surface area contributed by atoms with E-state index in [4.69, 9.17) is 4.74 Å². The van der Waals surface area contributed by atoms with Crippen molar-refractivity contribution in [3.05, 3.63) is 24.7 Å². The van der Waals surface area contributed by atoms with Crippen LogP contribution in [0.15, 0.2) is 24.7 Å². The molecule has 0 radical (unpaired) electrons. The highest BCUT2D eigenvalue weighted by Gasteiger charge is 2.08. The van der Waals surface area contributed by atoms with E-state index < -0.39 is 0 Å². The quantitative estimate of drug-likeness (QED) is 0.529. The van der Waals surface area contributed by atoms with E-state index in [-0.39, 0.29) is 12.2 Å². The van der Waals surface area contributed by atoms with Gasteiger partial charge in [0.25, 0.3) is 0 Å². The number of hydrogen-bond acceptors (Lipinski definition) is 3. The summed E-state index contributed by atoms with van der Waals surface area (Å²) < 4.78 is 5.50. The Bertz CT molecular complexity index is 235. The van der Waals surface area contributed by atoms with Crippen molar-refractivity contribution in [3.8, 4) is 0 Å². The molecule has 0 aromatic heterocycles. The first-order valence-electron chi connectivity index (χ1n) is 7.39. The zero-order chi connectivity index (χ0) is 14.7. The van der Waals surface area contributed by atoms with E-state index in [0.717, 1.165) is 25.7 Å². The molecule has 112 valence electrons. The average molecular weight is 270 g/mol. The van der Waals surface area contributed by atoms with Gasteiger partial charge in [0.15, 0.2) is 0 Å². The second kappa shape index (κ2) is 11.1. The summed E-state index contributed by atoms with van der Waals surface area (Å²) in [7, 11) is 0. The summed E-state index contributed by atoms with van der Waals surface area (Å²) >= 11 is 0. The number of hydrogen-bond donors (Lipinski definition) is 2. The van der Waals surface area contributed by atoms with Gasteiger partial charge >= 0.3 is 0 Å². The smallest absolute Gasteiger partial charge is 0.0965 e. The minimum absolute atomic E-state index is 0.273. The van der Waals surface area contributed by atoms with Gasteiger partial charge in [-0.05, 0) is 25.7 Å². The molecule has 3 nitrogen and oxygen atoms in total. The molecule has 3 heteroatoms. The van der Waals surface area contributed by atoms with Gasteiger partial charge in [0, 0.05) is 12.8 Å². The lowest BCUT2D eigenvalue weighted by Crippen LogP contribution is -2.08. The highest BCUT2D eigenvalue weighted by Crippen LogP contribution is 2.17. The Balaban J connectivity index is 3.72. The molecular formula is C16H30O3. The largest absolute Gasteiger partial charge is 0.467 e. The van der Waals surface area contributed by atoms with Crippen LogP contribution in [0.4, 0.5) is 0 Å². The lowest BCUT2D eigenvalue weighted by Gasteiger charge is -2.14. The predicted molar refractivity (Wildman–Crippen MR) is 79.7 cm³/mol. The van der Waals surface area contributed by atoms with Gasteiger partial charge in [0.05, 0.1) is 23.7 Å². The van der Waals surface area contributed by atoms with Crippen LogP contribution in [0.5, 0.6) is 0 Å². The Labute approximate surface area is 118 Å². The first kappa shape index (κ1) is 18.2. The molecule has 2 N–H and O–H groups in total. The van der Waals surface area contributed by atoms with Crippen LogP contribution in [0.25, 0.3) is 0 Å². The van der Waals surface area contributed by atoms with E-state index in [1.165, 1.54) is 0 Å². The summed E-state index contributed by atoms with van der Waals surface area (Å²) in [5.74, 6) is 1.29. The summed E-state index contributed by atoms with van der Waals surface area (Å²) in [5.41, 5.74) is 0. The van der Waals surface area contributed by atoms with Crippen LogP contribution in [0.1, 0.15) is 65.2 Å². The molecule has 0 aromatic rings. The highest BCUT2D eigenvalue weighted by atomic mass is 16.5. The fraction of sp³-hybridized carbons (Fsp3) is 0.750. The molecule has 0 fully saturated rings. The number of aliphatic hydroxyl groups is 2. The number of allylic oxidation sites excluding steroid dienone is 2. The maximum absolute atomic E-state index is 9.62. The van der Waals surface area contributed by atoms with Crippen molar-refractivity contribution in [2.75, 3.05) is 0 Å². The van der Waals surface area contributed by atoms with Crippen molar-refractivity contribution in [2.45, 2.75) is 77.4 Å². The van der Waals surface area contributed by atoms with Gasteiger partial charge in [0.2, 0.25) is 0 Å². The van der Waals surface area contributed by atoms with Crippen molar-refractivity contribution >= 4 is 0 Å². The standard InChI is InChI=1S/C16H30O3/c1-5-7-15(17)11-9-13(3)19-14(4)10-12-16(18)8-6-2/h15-18H,3-12H2,1-2H3. The van der Waals surface area contributed by atoms with Crippen molar-refractivity contribution in [3.63, 3.8) is 0 Å². The molecular weight excluding hydrogens is 240 g/mol. The maximum Gasteiger partial charge on any atom is 0.0965 e. The normalized spacial score (nSPS) is 13.9. The second-order valence-electron chi connectivity index (χ2n) is 5.14. The number of rotatable bonds is 12. The van der Waals surface area contributed by atoms with E-state index in [9.17, 15) is 10.2 Å². The Morgan fingerprint density at radius 2 is 1.21 bits per heavy atom. The molecule has 0 aliphatic carbocycles. The van der Waals surface area contributed by atoms with Gasteiger partial charge < -0.3 is 14.9 Å². The zero-order valence-electron chi connectivity index (χ0n) is 12.5. The van der Waals surface area contributed by atoms with Crippen molar-refractivity contribution < 1.29 is 14.9 Å². The van der Waals surface area contributed by atoms with Crippen molar-refractivity contribution in [1.29, 1.82) is 0 Å². The topological polar surface area (TPSA) is 49.7 Å². The number of ether oxygens (including phenoxy) is 1. The Hall–Kier alpha value is -0.800. The first-order valence-corrected chi connectivity index (χ1v) is 7.39. The number of aliphatic hydroxyl groups excluding tert-OH is 2. The molecule has 0 saturated heterocycles. The molecule has 0 rings (SSSR count). The lowest BCUT2D eigenvalue weighted by atomic mass is 10.1. The average Bonchev–Trinajstić information content (AvgIpc) is 2.35. The zero-order valence-corrected chi connectivity index (χ0v) is 12.5. The fourth-order valence-corrected chi connectivity index (χ4v) is 1.92. The first-order chi connectivity index (χ1) is 8.99. The SMILES string of the molecule is C=C(CCC(O)CCC)OC(=C)CCC(O)CCC. The molecule has 2 atom stereocenters. The van der Waals surface area contributed by atoms with Crippen LogP contribution in [0, 0.1) is 0 Å². The van der Waals surface area contributed by atoms with Gasteiger partial charge in [-0.1, -0.05) is 39.8 Å². The van der Waals surface area contributed by atoms with Gasteiger partial charge in [-0.15, -0.1) is 0 Å². The summed E-state index contributed by atoms with van der Waals surface area (Å²) in [6, 6.07) is 0. The van der Waals surface area contributed by atoms with Gasteiger partial charge in [-0.3, -0.25) is 0 Å². The van der Waals surface area contributed by atoms with E-state index in [0.29, 0.717) is 37.2 Å². The summed E-state index contributed by atoms with van der Waals surface area (Å²) in [4.78, 5) is 0. The van der Waals surface area contributed by atoms with Crippen LogP contribution in [-0.4, -0.2) is 22.4 Å². The lowest BCUT2D eigenvalue weighted by molar-refractivity contribution is 0.139. The fourth-order valence-electron chi connectivity index (χ4n) is 1.92. The van der Waals surface area contributed by atoms with Crippen molar-refractivity contribution in [2.24, 2.45) is 0 Å². The maximum atomic E-state index is 9.62. The Kier molecular flexibility index (Phi) is 10.6. The molecule has 0 heterocycles. The van der Waals surface area contributed by atoms with Crippen LogP contribution in [-0.2, 0) is 4.74 Å². The minimum Gasteiger partial charge on any atom is -0.467 e. The minimum atomic E-state index is -0.273.